The number of hydrogen-bond donors (Lipinski definition) is 1. The van der Waals surface area contributed by atoms with Crippen LogP contribution in [0.3, 0.4) is 0 Å². The third-order valence-corrected chi connectivity index (χ3v) is 4.87. The quantitative estimate of drug-likeness (QED) is 0.638. The summed E-state index contributed by atoms with van der Waals surface area (Å²) in [7, 11) is 6.32. The zero-order chi connectivity index (χ0) is 18.0. The molecular weight excluding hydrogens is 350 g/mol. The number of aromatic amines is 1. The van der Waals surface area contributed by atoms with Gasteiger partial charge in [-0.25, -0.2) is 4.68 Å². The molecule has 1 fully saturated rings. The van der Waals surface area contributed by atoms with Crippen LogP contribution in [-0.2, 0) is 0 Å². The summed E-state index contributed by atoms with van der Waals surface area (Å²) in [6.45, 7) is 1.89. The molecule has 0 spiro atoms. The van der Waals surface area contributed by atoms with E-state index in [1.807, 2.05) is 25.1 Å². The van der Waals surface area contributed by atoms with Crippen LogP contribution in [0.25, 0.3) is 0 Å². The van der Waals surface area contributed by atoms with E-state index < -0.39 is 0 Å². The minimum atomic E-state index is -0.0593. The van der Waals surface area contributed by atoms with Crippen molar-refractivity contribution in [3.05, 3.63) is 40.3 Å². The van der Waals surface area contributed by atoms with E-state index in [1.54, 1.807) is 4.68 Å². The second-order valence-corrected chi connectivity index (χ2v) is 7.78. The first-order valence-corrected chi connectivity index (χ1v) is 9.01. The number of nitrogens with zero attached hydrogens (tertiary/aromatic N) is 4. The summed E-state index contributed by atoms with van der Waals surface area (Å²) in [6, 6.07) is 8.22. The third kappa shape index (κ3) is 4.43. The number of nitrogens with one attached hydrogen (secondary N) is 1. The topological polar surface area (TPSA) is 62.5 Å². The number of aromatic nitrogens is 2. The smallest absolute Gasteiger partial charge is 0.294 e. The number of azo groups is 1. The molecule has 6 nitrogen and oxygen atoms in total. The SMILES string of the molecule is Cc1[nH]n(C2CCCCC2)c(=O)c1N=Nc1cccc([N+](C)(C)C)c1.[Cl-]. The molecule has 1 N–H and O–H groups in total. The Kier molecular flexibility index (Phi) is 6.42. The predicted molar refractivity (Wildman–Crippen MR) is 102 cm³/mol. The van der Waals surface area contributed by atoms with Crippen molar-refractivity contribution in [1.29, 1.82) is 0 Å². The van der Waals surface area contributed by atoms with Crippen molar-refractivity contribution in [2.45, 2.75) is 45.1 Å². The number of rotatable bonds is 4. The van der Waals surface area contributed by atoms with Gasteiger partial charge in [0.1, 0.15) is 5.69 Å². The minimum Gasteiger partial charge on any atom is -1.00 e. The number of benzene rings is 1. The van der Waals surface area contributed by atoms with Crippen molar-refractivity contribution in [2.75, 3.05) is 21.1 Å². The summed E-state index contributed by atoms with van der Waals surface area (Å²) in [5.74, 6) is 0. The van der Waals surface area contributed by atoms with Crippen molar-refractivity contribution < 1.29 is 12.4 Å². The number of hydrogen-bond acceptors (Lipinski definition) is 3. The summed E-state index contributed by atoms with van der Waals surface area (Å²) >= 11 is 0. The standard InChI is InChI=1S/C19H27N5O.ClH/c1-14-18(19(25)23(22-14)16-10-6-5-7-11-16)21-20-15-9-8-12-17(13-15)24(2,3)4;/h8-9,12-13,16H,5-7,10-11H2,1-4H3;1H. The molecule has 142 valence electrons. The Morgan fingerprint density at radius 1 is 1.12 bits per heavy atom. The molecule has 2 aromatic rings. The largest absolute Gasteiger partial charge is 1.00 e. The van der Waals surface area contributed by atoms with E-state index in [4.69, 9.17) is 0 Å². The van der Waals surface area contributed by atoms with Crippen molar-refractivity contribution in [2.24, 2.45) is 10.2 Å². The highest BCUT2D eigenvalue weighted by molar-refractivity contribution is 5.52. The molecule has 1 saturated carbocycles. The summed E-state index contributed by atoms with van der Waals surface area (Å²) in [5.41, 5.74) is 3.04. The van der Waals surface area contributed by atoms with Gasteiger partial charge in [-0.05, 0) is 31.9 Å². The maximum absolute atomic E-state index is 12.7. The lowest BCUT2D eigenvalue weighted by Crippen LogP contribution is -3.00. The number of aryl methyl sites for hydroxylation is 1. The molecule has 0 saturated heterocycles. The van der Waals surface area contributed by atoms with Crippen LogP contribution in [0.2, 0.25) is 0 Å². The van der Waals surface area contributed by atoms with E-state index in [0.717, 1.165) is 29.9 Å². The van der Waals surface area contributed by atoms with Gasteiger partial charge in [0.25, 0.3) is 5.56 Å². The molecule has 1 aromatic carbocycles. The van der Waals surface area contributed by atoms with Gasteiger partial charge in [-0.15, -0.1) is 5.11 Å². The number of quaternary nitrogens is 1. The zero-order valence-electron chi connectivity index (χ0n) is 16.0. The van der Waals surface area contributed by atoms with Gasteiger partial charge >= 0.3 is 0 Å². The lowest BCUT2D eigenvalue weighted by atomic mass is 9.96. The van der Waals surface area contributed by atoms with Gasteiger partial charge in [0.2, 0.25) is 0 Å². The first kappa shape index (κ1) is 20.4. The minimum absolute atomic E-state index is 0. The van der Waals surface area contributed by atoms with Crippen LogP contribution in [0.15, 0.2) is 39.3 Å². The number of H-pyrrole nitrogens is 1. The van der Waals surface area contributed by atoms with Crippen LogP contribution in [-0.4, -0.2) is 30.9 Å². The van der Waals surface area contributed by atoms with Crippen molar-refractivity contribution >= 4 is 17.1 Å². The molecule has 0 atom stereocenters. The molecule has 26 heavy (non-hydrogen) atoms. The van der Waals surface area contributed by atoms with Crippen LogP contribution in [0.1, 0.15) is 43.8 Å². The summed E-state index contributed by atoms with van der Waals surface area (Å²) < 4.78 is 2.46. The van der Waals surface area contributed by atoms with Gasteiger partial charge in [0, 0.05) is 6.07 Å². The Balaban J connectivity index is 0.00000243. The maximum Gasteiger partial charge on any atom is 0.294 e. The van der Waals surface area contributed by atoms with E-state index in [2.05, 4.69) is 42.5 Å². The van der Waals surface area contributed by atoms with E-state index in [0.29, 0.717) is 10.2 Å². The van der Waals surface area contributed by atoms with E-state index in [1.165, 1.54) is 19.3 Å². The first-order chi connectivity index (χ1) is 11.9. The summed E-state index contributed by atoms with van der Waals surface area (Å²) in [4.78, 5) is 12.7. The highest BCUT2D eigenvalue weighted by Gasteiger charge is 2.20. The third-order valence-electron chi connectivity index (χ3n) is 4.87. The second-order valence-electron chi connectivity index (χ2n) is 7.78. The average Bonchev–Trinajstić information content (AvgIpc) is 2.88. The molecule has 0 unspecified atom stereocenters. The molecule has 1 heterocycles. The van der Waals surface area contributed by atoms with Crippen molar-refractivity contribution in [3.8, 4) is 0 Å². The van der Waals surface area contributed by atoms with Gasteiger partial charge in [0.15, 0.2) is 5.69 Å². The Morgan fingerprint density at radius 2 is 1.81 bits per heavy atom. The van der Waals surface area contributed by atoms with Crippen LogP contribution < -0.4 is 22.4 Å². The predicted octanol–water partition coefficient (Wildman–Crippen LogP) is 1.61. The lowest BCUT2D eigenvalue weighted by Gasteiger charge is -2.23. The van der Waals surface area contributed by atoms with Crippen LogP contribution in [0.4, 0.5) is 17.1 Å². The molecule has 3 rings (SSSR count). The maximum atomic E-state index is 12.7. The van der Waals surface area contributed by atoms with E-state index >= 15 is 0 Å². The van der Waals surface area contributed by atoms with Gasteiger partial charge in [-0.3, -0.25) is 14.4 Å². The van der Waals surface area contributed by atoms with E-state index in [9.17, 15) is 4.79 Å². The summed E-state index contributed by atoms with van der Waals surface area (Å²) in [6.07, 6.45) is 5.75. The fourth-order valence-corrected chi connectivity index (χ4v) is 3.35. The van der Waals surface area contributed by atoms with Crippen molar-refractivity contribution in [1.82, 2.24) is 14.3 Å². The monoisotopic (exact) mass is 377 g/mol. The normalized spacial score (nSPS) is 16.0. The molecule has 0 aliphatic heterocycles. The Labute approximate surface area is 160 Å². The van der Waals surface area contributed by atoms with Gasteiger partial charge in [0.05, 0.1) is 38.6 Å². The average molecular weight is 378 g/mol. The molecule has 1 aliphatic rings. The number of halogens is 1. The molecular formula is C19H28ClN5O. The molecule has 1 aromatic heterocycles. The fourth-order valence-electron chi connectivity index (χ4n) is 3.35. The van der Waals surface area contributed by atoms with Gasteiger partial charge in [-0.2, -0.15) is 5.11 Å². The molecule has 1 aliphatic carbocycles. The lowest BCUT2D eigenvalue weighted by molar-refractivity contribution is -0.00000570. The van der Waals surface area contributed by atoms with Crippen LogP contribution in [0.5, 0.6) is 0 Å². The Morgan fingerprint density at radius 3 is 2.46 bits per heavy atom. The molecule has 0 amide bonds. The first-order valence-electron chi connectivity index (χ1n) is 9.01. The summed E-state index contributed by atoms with van der Waals surface area (Å²) in [5, 5.41) is 11.8. The van der Waals surface area contributed by atoms with Crippen molar-refractivity contribution in [3.63, 3.8) is 0 Å². The Bertz CT molecular complexity index is 825. The van der Waals surface area contributed by atoms with Gasteiger partial charge < -0.3 is 12.4 Å². The van der Waals surface area contributed by atoms with Crippen LogP contribution in [0, 0.1) is 6.92 Å². The zero-order valence-corrected chi connectivity index (χ0v) is 16.8. The molecule has 0 bridgehead atoms. The highest BCUT2D eigenvalue weighted by atomic mass is 35.5. The second kappa shape index (κ2) is 8.18. The van der Waals surface area contributed by atoms with E-state index in [-0.39, 0.29) is 24.0 Å². The Hall–Kier alpha value is -1.92. The molecule has 7 heteroatoms. The van der Waals surface area contributed by atoms with Crippen LogP contribution >= 0.6 is 0 Å². The fraction of sp³-hybridized carbons (Fsp3) is 0.526. The highest BCUT2D eigenvalue weighted by Crippen LogP contribution is 2.28. The van der Waals surface area contributed by atoms with Gasteiger partial charge in [-0.1, -0.05) is 25.3 Å². The molecule has 0 radical (unpaired) electrons.